The van der Waals surface area contributed by atoms with Gasteiger partial charge in [0.2, 0.25) is 0 Å². The molecule has 3 aromatic heterocycles. The number of carboxylic acids is 1. The summed E-state index contributed by atoms with van der Waals surface area (Å²) in [6.45, 7) is 3.13. The summed E-state index contributed by atoms with van der Waals surface area (Å²) in [5.74, 6) is -1.80. The Morgan fingerprint density at radius 2 is 1.77 bits per heavy atom. The fourth-order valence-corrected chi connectivity index (χ4v) is 4.94. The van der Waals surface area contributed by atoms with E-state index in [0.29, 0.717) is 42.9 Å². The first-order valence-electron chi connectivity index (χ1n) is 14.4. The van der Waals surface area contributed by atoms with Crippen LogP contribution in [-0.2, 0) is 4.79 Å². The highest BCUT2D eigenvalue weighted by atomic mass is 32.1. The number of nitrogens with one attached hydrogen (secondary N) is 1. The third kappa shape index (κ3) is 12.0. The van der Waals surface area contributed by atoms with E-state index in [0.717, 1.165) is 40.5 Å². The maximum atomic E-state index is 13.3. The molecule has 0 aliphatic carbocycles. The van der Waals surface area contributed by atoms with Crippen LogP contribution in [0, 0.1) is 0 Å². The number of thiophene rings is 1. The zero-order valence-corrected chi connectivity index (χ0v) is 27.1. The third-order valence-corrected chi connectivity index (χ3v) is 7.86. The van der Waals surface area contributed by atoms with Gasteiger partial charge in [-0.1, -0.05) is 19.1 Å². The normalized spacial score (nSPS) is 14.9. The second kappa shape index (κ2) is 17.5. The molecule has 1 aliphatic rings. The Labute approximate surface area is 280 Å². The van der Waals surface area contributed by atoms with Crippen molar-refractivity contribution in [3.8, 4) is 28.0 Å². The number of likely N-dealkylation sites (tertiary alicyclic amines) is 1. The number of carbonyl (C=O) groups excluding carboxylic acids is 1. The number of carboxylic acid groups (broad SMARTS) is 1. The zero-order valence-electron chi connectivity index (χ0n) is 25.4. The van der Waals surface area contributed by atoms with Crippen molar-refractivity contribution in [1.29, 1.82) is 0 Å². The summed E-state index contributed by atoms with van der Waals surface area (Å²) in [6, 6.07) is 9.10. The first-order valence-corrected chi connectivity index (χ1v) is 15.9. The number of alkyl halides is 7. The minimum Gasteiger partial charge on any atom is -0.492 e. The molecule has 1 aromatic carbocycles. The molecular formula is C30H32F7N5O4S2. The minimum absolute atomic E-state index is 0.171. The van der Waals surface area contributed by atoms with Gasteiger partial charge in [0.05, 0.1) is 11.1 Å². The topological polar surface area (TPSA) is 109 Å². The summed E-state index contributed by atoms with van der Waals surface area (Å²) in [5.41, 5.74) is 3.62. The second-order valence-corrected chi connectivity index (χ2v) is 11.6. The van der Waals surface area contributed by atoms with E-state index in [9.17, 15) is 35.5 Å². The molecule has 0 bridgehead atoms. The molecule has 9 nitrogen and oxygen atoms in total. The van der Waals surface area contributed by atoms with Gasteiger partial charge in [-0.15, -0.1) is 11.3 Å². The number of hydrogen-bond acceptors (Lipinski definition) is 8. The number of aromatic nitrogens is 3. The summed E-state index contributed by atoms with van der Waals surface area (Å²) in [6.07, 6.45) is -3.38. The van der Waals surface area contributed by atoms with Crippen molar-refractivity contribution in [3.05, 3.63) is 59.2 Å². The highest BCUT2D eigenvalue weighted by Gasteiger charge is 2.38. The molecule has 0 spiro atoms. The number of rotatable bonds is 9. The monoisotopic (exact) mass is 723 g/mol. The summed E-state index contributed by atoms with van der Waals surface area (Å²) < 4.78 is 89.5. The standard InChI is InChI=1S/C25H23F4N5O2S.C3H8S.C2HF3O2/c26-19-5-6-33(13-19)7-8-36-20-3-1-16(2-4-20)18-10-30-23-21(11-32-34(23)12-18)17-9-22(37-14-17)24(35)31-15-25(27,28)29;1-2-3-4;3-2(4,5)1(6)7/h1-4,9-12,14,19H,5-8,13,15H2,(H,31,35);4H,2-3H2,1H3;(H,6,7). The molecule has 4 aromatic rings. The van der Waals surface area contributed by atoms with Crippen molar-refractivity contribution in [1.82, 2.24) is 24.8 Å². The van der Waals surface area contributed by atoms with Gasteiger partial charge >= 0.3 is 18.3 Å². The van der Waals surface area contributed by atoms with Crippen molar-refractivity contribution in [2.75, 3.05) is 38.5 Å². The lowest BCUT2D eigenvalue weighted by Crippen LogP contribution is -2.33. The van der Waals surface area contributed by atoms with E-state index in [-0.39, 0.29) is 4.88 Å². The number of ether oxygens (including phenoxy) is 1. The van der Waals surface area contributed by atoms with Crippen LogP contribution in [0.3, 0.4) is 0 Å². The van der Waals surface area contributed by atoms with Crippen LogP contribution < -0.4 is 10.1 Å². The predicted octanol–water partition coefficient (Wildman–Crippen LogP) is 6.80. The lowest BCUT2D eigenvalue weighted by Gasteiger charge is -2.15. The lowest BCUT2D eigenvalue weighted by atomic mass is 10.1. The number of halogens is 7. The number of hydrogen-bond donors (Lipinski definition) is 3. The highest BCUT2D eigenvalue weighted by molar-refractivity contribution is 7.80. The molecule has 1 aliphatic heterocycles. The summed E-state index contributed by atoms with van der Waals surface area (Å²) >= 11 is 4.97. The van der Waals surface area contributed by atoms with Gasteiger partial charge in [0.15, 0.2) is 5.65 Å². The van der Waals surface area contributed by atoms with Gasteiger partial charge in [-0.2, -0.15) is 44.1 Å². The Balaban J connectivity index is 0.000000493. The average Bonchev–Trinajstić information content (AvgIpc) is 3.79. The van der Waals surface area contributed by atoms with E-state index in [1.54, 1.807) is 22.3 Å². The van der Waals surface area contributed by atoms with Gasteiger partial charge in [-0.3, -0.25) is 9.69 Å². The first kappa shape index (κ1) is 38.5. The Hall–Kier alpha value is -3.90. The quantitative estimate of drug-likeness (QED) is 0.129. The molecule has 4 heterocycles. The molecule has 0 saturated carbocycles. The lowest BCUT2D eigenvalue weighted by molar-refractivity contribution is -0.192. The van der Waals surface area contributed by atoms with E-state index in [1.807, 2.05) is 35.8 Å². The van der Waals surface area contributed by atoms with Crippen LogP contribution in [0.15, 0.2) is 54.3 Å². The van der Waals surface area contributed by atoms with E-state index in [2.05, 4.69) is 34.5 Å². The van der Waals surface area contributed by atoms with Gasteiger partial charge in [-0.05, 0) is 53.3 Å². The Morgan fingerprint density at radius 1 is 1.10 bits per heavy atom. The molecule has 18 heteroatoms. The molecule has 0 radical (unpaired) electrons. The van der Waals surface area contributed by atoms with Crippen LogP contribution in [0.5, 0.6) is 5.75 Å². The van der Waals surface area contributed by atoms with Gasteiger partial charge in [0.25, 0.3) is 5.91 Å². The molecule has 1 amide bonds. The maximum absolute atomic E-state index is 13.3. The molecular weight excluding hydrogens is 691 g/mol. The minimum atomic E-state index is -5.08. The van der Waals surface area contributed by atoms with Crippen LogP contribution in [0.4, 0.5) is 30.7 Å². The number of aliphatic carboxylic acids is 1. The Morgan fingerprint density at radius 3 is 2.33 bits per heavy atom. The number of carbonyl (C=O) groups is 2. The van der Waals surface area contributed by atoms with Gasteiger partial charge in [0, 0.05) is 43.2 Å². The number of benzene rings is 1. The summed E-state index contributed by atoms with van der Waals surface area (Å²) in [5, 5.41) is 15.0. The Kier molecular flexibility index (Phi) is 14.0. The first-order chi connectivity index (χ1) is 22.6. The van der Waals surface area contributed by atoms with Gasteiger partial charge in [-0.25, -0.2) is 18.7 Å². The van der Waals surface area contributed by atoms with Crippen LogP contribution in [0.2, 0.25) is 0 Å². The second-order valence-electron chi connectivity index (χ2n) is 10.3. The van der Waals surface area contributed by atoms with E-state index in [4.69, 9.17) is 14.6 Å². The van der Waals surface area contributed by atoms with Crippen molar-refractivity contribution in [2.24, 2.45) is 0 Å². The molecule has 262 valence electrons. The third-order valence-electron chi connectivity index (χ3n) is 6.48. The van der Waals surface area contributed by atoms with Crippen molar-refractivity contribution in [2.45, 2.75) is 38.3 Å². The summed E-state index contributed by atoms with van der Waals surface area (Å²) in [7, 11) is 0. The van der Waals surface area contributed by atoms with E-state index >= 15 is 0 Å². The van der Waals surface area contributed by atoms with E-state index in [1.165, 1.54) is 12.5 Å². The summed E-state index contributed by atoms with van der Waals surface area (Å²) in [4.78, 5) is 27.7. The SMILES string of the molecule is CCCS.O=C(NCC(F)(F)F)c1cc(-c2cnn3cc(-c4ccc(OCCN5CCC(F)C5)cc4)cnc23)cs1.O=C(O)C(F)(F)F. The van der Waals surface area contributed by atoms with Crippen LogP contribution >= 0.6 is 24.0 Å². The molecule has 5 rings (SSSR count). The van der Waals surface area contributed by atoms with Gasteiger partial charge < -0.3 is 15.2 Å². The number of thiol groups is 1. The van der Waals surface area contributed by atoms with Crippen molar-refractivity contribution < 1.29 is 50.2 Å². The predicted molar refractivity (Wildman–Crippen MR) is 169 cm³/mol. The molecule has 48 heavy (non-hydrogen) atoms. The number of fused-ring (bicyclic) bond motifs is 1. The number of nitrogens with zero attached hydrogens (tertiary/aromatic N) is 4. The molecule has 1 fully saturated rings. The van der Waals surface area contributed by atoms with Gasteiger partial charge in [0.1, 0.15) is 25.1 Å². The molecule has 1 saturated heterocycles. The van der Waals surface area contributed by atoms with E-state index < -0.39 is 36.9 Å². The Bertz CT molecular complexity index is 1630. The molecule has 1 atom stereocenters. The largest absolute Gasteiger partial charge is 0.492 e. The number of amides is 1. The fraction of sp³-hybridized carbons (Fsp3) is 0.400. The molecule has 1 unspecified atom stereocenters. The van der Waals surface area contributed by atoms with Crippen molar-refractivity contribution in [3.63, 3.8) is 0 Å². The van der Waals surface area contributed by atoms with Crippen LogP contribution in [0.1, 0.15) is 29.4 Å². The molecule has 2 N–H and O–H groups in total. The highest BCUT2D eigenvalue weighted by Crippen LogP contribution is 2.30. The van der Waals surface area contributed by atoms with Crippen molar-refractivity contribution >= 4 is 41.5 Å². The van der Waals surface area contributed by atoms with Crippen LogP contribution in [-0.4, -0.2) is 93.5 Å². The average molecular weight is 724 g/mol. The smallest absolute Gasteiger partial charge is 0.490 e. The fourth-order valence-electron chi connectivity index (χ4n) is 4.12. The maximum Gasteiger partial charge on any atom is 0.490 e. The zero-order chi connectivity index (χ0) is 35.5. The van der Waals surface area contributed by atoms with Crippen LogP contribution in [0.25, 0.3) is 27.9 Å².